The van der Waals surface area contributed by atoms with Crippen molar-refractivity contribution in [2.75, 3.05) is 31.1 Å². The zero-order valence-electron chi connectivity index (χ0n) is 12.4. The molecule has 1 aliphatic rings. The SMILES string of the molecule is NC(=O)C(c1ccccc1)N1CCCN(c2nccs2)CC1. The highest BCUT2D eigenvalue weighted by Crippen LogP contribution is 2.24. The van der Waals surface area contributed by atoms with E-state index in [-0.39, 0.29) is 11.9 Å². The van der Waals surface area contributed by atoms with Gasteiger partial charge in [0, 0.05) is 37.8 Å². The number of primary amides is 1. The number of carbonyl (C=O) groups excluding carboxylic acids is 1. The van der Waals surface area contributed by atoms with Crippen molar-refractivity contribution in [2.24, 2.45) is 5.73 Å². The molecule has 1 aromatic heterocycles. The summed E-state index contributed by atoms with van der Waals surface area (Å²) in [5, 5.41) is 3.05. The van der Waals surface area contributed by atoms with Gasteiger partial charge in [-0.25, -0.2) is 4.98 Å². The van der Waals surface area contributed by atoms with Crippen molar-refractivity contribution >= 4 is 22.4 Å². The second kappa shape index (κ2) is 6.89. The fourth-order valence-electron chi connectivity index (χ4n) is 2.95. The van der Waals surface area contributed by atoms with Crippen LogP contribution in [0.4, 0.5) is 5.13 Å². The van der Waals surface area contributed by atoms with Gasteiger partial charge in [-0.2, -0.15) is 0 Å². The van der Waals surface area contributed by atoms with Crippen molar-refractivity contribution in [1.29, 1.82) is 0 Å². The van der Waals surface area contributed by atoms with E-state index in [1.54, 1.807) is 11.3 Å². The molecule has 0 aliphatic carbocycles. The van der Waals surface area contributed by atoms with E-state index >= 15 is 0 Å². The fraction of sp³-hybridized carbons (Fsp3) is 0.375. The number of hydrogen-bond donors (Lipinski definition) is 1. The standard InChI is InChI=1S/C16H20N4OS/c17-15(21)14(13-5-2-1-3-6-13)19-8-4-9-20(11-10-19)16-18-7-12-22-16/h1-3,5-7,12,14H,4,8-11H2,(H2,17,21). The minimum absolute atomic E-state index is 0.283. The van der Waals surface area contributed by atoms with E-state index in [2.05, 4.69) is 14.8 Å². The number of thiazole rings is 1. The zero-order valence-corrected chi connectivity index (χ0v) is 13.2. The highest BCUT2D eigenvalue weighted by molar-refractivity contribution is 7.13. The summed E-state index contributed by atoms with van der Waals surface area (Å²) in [7, 11) is 0. The summed E-state index contributed by atoms with van der Waals surface area (Å²) in [5.41, 5.74) is 6.65. The van der Waals surface area contributed by atoms with Gasteiger partial charge in [-0.1, -0.05) is 30.3 Å². The number of amides is 1. The quantitative estimate of drug-likeness (QED) is 0.935. The maximum atomic E-state index is 12.0. The van der Waals surface area contributed by atoms with E-state index in [1.165, 1.54) is 0 Å². The Morgan fingerprint density at radius 3 is 2.68 bits per heavy atom. The van der Waals surface area contributed by atoms with Gasteiger partial charge < -0.3 is 10.6 Å². The summed E-state index contributed by atoms with van der Waals surface area (Å²) in [5.74, 6) is -0.283. The summed E-state index contributed by atoms with van der Waals surface area (Å²) < 4.78 is 0. The lowest BCUT2D eigenvalue weighted by atomic mass is 10.0. The van der Waals surface area contributed by atoms with Crippen LogP contribution >= 0.6 is 11.3 Å². The van der Waals surface area contributed by atoms with Crippen LogP contribution in [0.1, 0.15) is 18.0 Å². The molecule has 0 saturated carbocycles. The first-order chi connectivity index (χ1) is 10.8. The molecule has 0 spiro atoms. The number of nitrogens with two attached hydrogens (primary N) is 1. The Balaban J connectivity index is 1.75. The number of anilines is 1. The van der Waals surface area contributed by atoms with Crippen molar-refractivity contribution in [3.8, 4) is 0 Å². The lowest BCUT2D eigenvalue weighted by Gasteiger charge is -2.28. The summed E-state index contributed by atoms with van der Waals surface area (Å²) in [6.45, 7) is 3.50. The molecular formula is C16H20N4OS. The van der Waals surface area contributed by atoms with Crippen LogP contribution in [0.3, 0.4) is 0 Å². The van der Waals surface area contributed by atoms with Crippen molar-refractivity contribution < 1.29 is 4.79 Å². The van der Waals surface area contributed by atoms with Crippen molar-refractivity contribution in [2.45, 2.75) is 12.5 Å². The van der Waals surface area contributed by atoms with Crippen LogP contribution in [0.15, 0.2) is 41.9 Å². The minimum atomic E-state index is -0.350. The second-order valence-corrected chi connectivity index (χ2v) is 6.28. The third-order valence-corrected chi connectivity index (χ3v) is 4.80. The van der Waals surface area contributed by atoms with Gasteiger partial charge in [0.25, 0.3) is 0 Å². The fourth-order valence-corrected chi connectivity index (χ4v) is 3.65. The Hall–Kier alpha value is -1.92. The van der Waals surface area contributed by atoms with E-state index < -0.39 is 0 Å². The Labute approximate surface area is 134 Å². The third-order valence-electron chi connectivity index (χ3n) is 3.97. The van der Waals surface area contributed by atoms with Crippen molar-refractivity contribution in [1.82, 2.24) is 9.88 Å². The largest absolute Gasteiger partial charge is 0.368 e. The smallest absolute Gasteiger partial charge is 0.239 e. The average Bonchev–Trinajstić information content (AvgIpc) is 2.95. The Bertz CT molecular complexity index is 602. The van der Waals surface area contributed by atoms with Gasteiger partial charge in [0.05, 0.1) is 0 Å². The predicted molar refractivity (Wildman–Crippen MR) is 88.9 cm³/mol. The Morgan fingerprint density at radius 1 is 1.18 bits per heavy atom. The molecule has 2 heterocycles. The molecule has 1 amide bonds. The molecule has 1 aliphatic heterocycles. The number of carbonyl (C=O) groups is 1. The van der Waals surface area contributed by atoms with Crippen LogP contribution < -0.4 is 10.6 Å². The zero-order chi connectivity index (χ0) is 15.4. The molecule has 1 atom stereocenters. The molecular weight excluding hydrogens is 296 g/mol. The van der Waals surface area contributed by atoms with Crippen molar-refractivity contribution in [3.63, 3.8) is 0 Å². The summed E-state index contributed by atoms with van der Waals surface area (Å²) in [6.07, 6.45) is 2.83. The van der Waals surface area contributed by atoms with E-state index in [9.17, 15) is 4.79 Å². The summed E-state index contributed by atoms with van der Waals surface area (Å²) in [4.78, 5) is 20.8. The van der Waals surface area contributed by atoms with Gasteiger partial charge in [-0.3, -0.25) is 9.69 Å². The Morgan fingerprint density at radius 2 is 2.00 bits per heavy atom. The summed E-state index contributed by atoms with van der Waals surface area (Å²) >= 11 is 1.66. The molecule has 3 rings (SSSR count). The van der Waals surface area contributed by atoms with Crippen LogP contribution in [-0.4, -0.2) is 42.0 Å². The van der Waals surface area contributed by atoms with E-state index in [0.29, 0.717) is 0 Å². The van der Waals surface area contributed by atoms with Gasteiger partial charge in [0.2, 0.25) is 5.91 Å². The second-order valence-electron chi connectivity index (χ2n) is 5.41. The van der Waals surface area contributed by atoms with Crippen LogP contribution in [0.25, 0.3) is 0 Å². The first-order valence-corrected chi connectivity index (χ1v) is 8.36. The van der Waals surface area contributed by atoms with Gasteiger partial charge in [0.1, 0.15) is 6.04 Å². The van der Waals surface area contributed by atoms with Crippen LogP contribution in [0.5, 0.6) is 0 Å². The number of aromatic nitrogens is 1. The van der Waals surface area contributed by atoms with Gasteiger partial charge >= 0.3 is 0 Å². The predicted octanol–water partition coefficient (Wildman–Crippen LogP) is 1.88. The van der Waals surface area contributed by atoms with Crippen LogP contribution in [0.2, 0.25) is 0 Å². The third kappa shape index (κ3) is 3.28. The number of benzene rings is 1. The lowest BCUT2D eigenvalue weighted by Crippen LogP contribution is -2.40. The molecule has 22 heavy (non-hydrogen) atoms. The van der Waals surface area contributed by atoms with Gasteiger partial charge in [-0.15, -0.1) is 11.3 Å². The lowest BCUT2D eigenvalue weighted by molar-refractivity contribution is -0.123. The van der Waals surface area contributed by atoms with Crippen LogP contribution in [-0.2, 0) is 4.79 Å². The monoisotopic (exact) mass is 316 g/mol. The van der Waals surface area contributed by atoms with Crippen molar-refractivity contribution in [3.05, 3.63) is 47.5 Å². The minimum Gasteiger partial charge on any atom is -0.368 e. The average molecular weight is 316 g/mol. The number of hydrogen-bond acceptors (Lipinski definition) is 5. The summed E-state index contributed by atoms with van der Waals surface area (Å²) in [6, 6.07) is 9.44. The van der Waals surface area contributed by atoms with Gasteiger partial charge in [0.15, 0.2) is 5.13 Å². The molecule has 0 bridgehead atoms. The van der Waals surface area contributed by atoms with E-state index in [0.717, 1.165) is 43.3 Å². The molecule has 2 aromatic rings. The first kappa shape index (κ1) is 15.0. The molecule has 1 fully saturated rings. The topological polar surface area (TPSA) is 62.5 Å². The maximum absolute atomic E-state index is 12.0. The number of nitrogens with zero attached hydrogens (tertiary/aromatic N) is 3. The molecule has 1 aromatic carbocycles. The highest BCUT2D eigenvalue weighted by Gasteiger charge is 2.27. The molecule has 1 saturated heterocycles. The normalized spacial score (nSPS) is 17.9. The molecule has 116 valence electrons. The maximum Gasteiger partial charge on any atom is 0.239 e. The van der Waals surface area contributed by atoms with E-state index in [4.69, 9.17) is 5.73 Å². The molecule has 5 nitrogen and oxygen atoms in total. The highest BCUT2D eigenvalue weighted by atomic mass is 32.1. The molecule has 6 heteroatoms. The van der Waals surface area contributed by atoms with E-state index in [1.807, 2.05) is 41.9 Å². The molecule has 1 unspecified atom stereocenters. The van der Waals surface area contributed by atoms with Crippen LogP contribution in [0, 0.1) is 0 Å². The first-order valence-electron chi connectivity index (χ1n) is 7.48. The molecule has 0 radical (unpaired) electrons. The number of rotatable bonds is 4. The Kier molecular flexibility index (Phi) is 4.70. The molecule has 2 N–H and O–H groups in total. The van der Waals surface area contributed by atoms with Gasteiger partial charge in [-0.05, 0) is 12.0 Å².